The van der Waals surface area contributed by atoms with Crippen LogP contribution in [0.25, 0.3) is 0 Å². The number of fused-ring (bicyclic) bond motifs is 6. The summed E-state index contributed by atoms with van der Waals surface area (Å²) in [5.41, 5.74) is 0.439. The normalized spacial score (nSPS) is 47.4. The van der Waals surface area contributed by atoms with Gasteiger partial charge in [-0.15, -0.1) is 0 Å². The van der Waals surface area contributed by atoms with Gasteiger partial charge < -0.3 is 9.84 Å². The van der Waals surface area contributed by atoms with Crippen LogP contribution in [-0.2, 0) is 9.53 Å². The molecule has 0 aromatic heterocycles. The standard InChI is InChI=1S/C30H43FN2O3/c1-28(35)12-13-30(18-36-3)20(15-28)5-7-22-23-8-9-25(29(23,2)11-10-24(22)30)27(34)17-33-16-19-4-6-21(31)14-26(19)32-33/h4,6,14,19-20,22-25,35H,5,7-13,15-18H2,1-3H3/t19?,20-,22-,23-,24-,25+,28+,29-,30+/m0/s1. The van der Waals surface area contributed by atoms with Crippen LogP contribution in [-0.4, -0.2) is 54.0 Å². The first-order chi connectivity index (χ1) is 17.1. The van der Waals surface area contributed by atoms with Gasteiger partial charge in [0, 0.05) is 25.5 Å². The molecule has 5 nitrogen and oxygen atoms in total. The third kappa shape index (κ3) is 3.84. The van der Waals surface area contributed by atoms with E-state index in [1.807, 2.05) is 25.1 Å². The Hall–Kier alpha value is -1.53. The summed E-state index contributed by atoms with van der Waals surface area (Å²) >= 11 is 0. The van der Waals surface area contributed by atoms with Gasteiger partial charge in [-0.05, 0) is 111 Å². The number of ether oxygens (including phenoxy) is 1. The fourth-order valence-corrected chi connectivity index (χ4v) is 9.99. The van der Waals surface area contributed by atoms with Crippen LogP contribution >= 0.6 is 0 Å². The van der Waals surface area contributed by atoms with Gasteiger partial charge in [-0.1, -0.05) is 13.0 Å². The van der Waals surface area contributed by atoms with E-state index in [9.17, 15) is 14.3 Å². The number of rotatable bonds is 5. The molecule has 1 unspecified atom stereocenters. The summed E-state index contributed by atoms with van der Waals surface area (Å²) in [5.74, 6) is 2.68. The Bertz CT molecular complexity index is 1000. The van der Waals surface area contributed by atoms with Crippen molar-refractivity contribution in [1.82, 2.24) is 5.01 Å². The predicted octanol–water partition coefficient (Wildman–Crippen LogP) is 5.30. The number of hydrogen-bond acceptors (Lipinski definition) is 5. The SMILES string of the molecule is COC[C@]12CC[C@@](C)(O)C[C@@H]1CC[C@H]1[C@@H]3CC[C@H](C(=O)CN4CC5C=CC(F)=CC5=N4)[C@@]3(C)CC[C@@H]12. The summed E-state index contributed by atoms with van der Waals surface area (Å²) in [7, 11) is 1.84. The van der Waals surface area contributed by atoms with Gasteiger partial charge in [0.15, 0.2) is 5.78 Å². The predicted molar refractivity (Wildman–Crippen MR) is 138 cm³/mol. The first-order valence-electron chi connectivity index (χ1n) is 14.3. The van der Waals surface area contributed by atoms with Crippen LogP contribution in [0.4, 0.5) is 4.39 Å². The molecule has 0 radical (unpaired) electrons. The van der Waals surface area contributed by atoms with Crippen molar-refractivity contribution in [3.8, 4) is 0 Å². The molecule has 6 rings (SSSR count). The van der Waals surface area contributed by atoms with Crippen molar-refractivity contribution in [3.05, 3.63) is 24.1 Å². The number of aliphatic hydroxyl groups is 1. The average Bonchev–Trinajstić information content (AvgIpc) is 3.38. The lowest BCUT2D eigenvalue weighted by Crippen LogP contribution is -2.58. The summed E-state index contributed by atoms with van der Waals surface area (Å²) in [6.07, 6.45) is 14.5. The second-order valence-corrected chi connectivity index (χ2v) is 13.5. The minimum Gasteiger partial charge on any atom is -0.390 e. The smallest absolute Gasteiger partial charge is 0.157 e. The molecule has 1 heterocycles. The highest BCUT2D eigenvalue weighted by Gasteiger charge is 2.63. The zero-order chi connectivity index (χ0) is 25.3. The van der Waals surface area contributed by atoms with Crippen molar-refractivity contribution >= 4 is 11.5 Å². The van der Waals surface area contributed by atoms with Gasteiger partial charge in [-0.3, -0.25) is 9.80 Å². The van der Waals surface area contributed by atoms with Gasteiger partial charge in [0.1, 0.15) is 5.83 Å². The molecule has 1 aliphatic heterocycles. The lowest BCUT2D eigenvalue weighted by molar-refractivity contribution is -0.175. The lowest BCUT2D eigenvalue weighted by atomic mass is 9.43. The Balaban J connectivity index is 1.18. The van der Waals surface area contributed by atoms with E-state index in [0.29, 0.717) is 42.5 Å². The number of methoxy groups -OCH3 is 1. The van der Waals surface area contributed by atoms with Crippen LogP contribution in [0.1, 0.15) is 71.6 Å². The molecule has 5 aliphatic carbocycles. The number of nitrogens with zero attached hydrogens (tertiary/aromatic N) is 2. The third-order valence-electron chi connectivity index (χ3n) is 11.6. The molecule has 0 aromatic carbocycles. The molecule has 0 bridgehead atoms. The Labute approximate surface area is 215 Å². The highest BCUT2D eigenvalue weighted by molar-refractivity contribution is 6.01. The molecule has 6 heteroatoms. The fraction of sp³-hybridized carbons (Fsp3) is 0.800. The molecule has 0 saturated heterocycles. The number of halogens is 1. The van der Waals surface area contributed by atoms with Crippen LogP contribution in [0.3, 0.4) is 0 Å². The molecule has 0 aromatic rings. The summed E-state index contributed by atoms with van der Waals surface area (Å²) in [6, 6.07) is 0. The molecule has 4 saturated carbocycles. The lowest BCUT2D eigenvalue weighted by Gasteiger charge is -2.62. The number of hydrogen-bond donors (Lipinski definition) is 1. The van der Waals surface area contributed by atoms with Crippen molar-refractivity contribution in [2.75, 3.05) is 26.8 Å². The number of Topliss-reactive ketones (excluding diaryl/α,β-unsaturated/α-hetero) is 1. The molecule has 6 aliphatic rings. The van der Waals surface area contributed by atoms with Crippen LogP contribution in [0.2, 0.25) is 0 Å². The van der Waals surface area contributed by atoms with E-state index in [1.165, 1.54) is 31.4 Å². The number of allylic oxidation sites excluding steroid dienone is 3. The van der Waals surface area contributed by atoms with E-state index < -0.39 is 5.60 Å². The van der Waals surface area contributed by atoms with Crippen LogP contribution in [0.15, 0.2) is 29.2 Å². The van der Waals surface area contributed by atoms with E-state index in [0.717, 1.165) is 50.8 Å². The number of carbonyl (C=O) groups is 1. The quantitative estimate of drug-likeness (QED) is 0.559. The second kappa shape index (κ2) is 8.76. The first-order valence-corrected chi connectivity index (χ1v) is 14.3. The third-order valence-corrected chi connectivity index (χ3v) is 11.6. The topological polar surface area (TPSA) is 62.1 Å². The van der Waals surface area contributed by atoms with Crippen molar-refractivity contribution in [1.29, 1.82) is 0 Å². The van der Waals surface area contributed by atoms with Gasteiger partial charge in [0.25, 0.3) is 0 Å². The van der Waals surface area contributed by atoms with Crippen molar-refractivity contribution in [3.63, 3.8) is 0 Å². The van der Waals surface area contributed by atoms with Gasteiger partial charge in [0.05, 0.1) is 24.5 Å². The van der Waals surface area contributed by atoms with Gasteiger partial charge in [0.2, 0.25) is 0 Å². The van der Waals surface area contributed by atoms with Crippen molar-refractivity contribution < 1.29 is 19.0 Å². The van der Waals surface area contributed by atoms with E-state index in [1.54, 1.807) is 0 Å². The highest BCUT2D eigenvalue weighted by atomic mass is 19.1. The molecule has 0 amide bonds. The van der Waals surface area contributed by atoms with Gasteiger partial charge in [-0.25, -0.2) is 4.39 Å². The van der Waals surface area contributed by atoms with E-state index in [2.05, 4.69) is 12.0 Å². The molecular weight excluding hydrogens is 455 g/mol. The molecule has 198 valence electrons. The molecule has 4 fully saturated rings. The Morgan fingerprint density at radius 1 is 1.17 bits per heavy atom. The minimum absolute atomic E-state index is 0.0606. The maximum atomic E-state index is 13.7. The molecular formula is C30H43FN2O3. The van der Waals surface area contributed by atoms with Crippen molar-refractivity contribution in [2.45, 2.75) is 77.2 Å². The average molecular weight is 499 g/mol. The fourth-order valence-electron chi connectivity index (χ4n) is 9.99. The van der Waals surface area contributed by atoms with Gasteiger partial charge >= 0.3 is 0 Å². The van der Waals surface area contributed by atoms with Crippen molar-refractivity contribution in [2.24, 2.45) is 51.4 Å². The Kier molecular flexibility index (Phi) is 6.03. The Morgan fingerprint density at radius 2 is 2.00 bits per heavy atom. The molecule has 9 atom stereocenters. The van der Waals surface area contributed by atoms with Crippen LogP contribution in [0.5, 0.6) is 0 Å². The van der Waals surface area contributed by atoms with E-state index >= 15 is 0 Å². The summed E-state index contributed by atoms with van der Waals surface area (Å²) in [6.45, 7) is 6.24. The largest absolute Gasteiger partial charge is 0.390 e. The van der Waals surface area contributed by atoms with E-state index in [-0.39, 0.29) is 28.5 Å². The van der Waals surface area contributed by atoms with Gasteiger partial charge in [-0.2, -0.15) is 5.10 Å². The van der Waals surface area contributed by atoms with Crippen LogP contribution < -0.4 is 0 Å². The minimum atomic E-state index is -0.545. The summed E-state index contributed by atoms with van der Waals surface area (Å²) in [4.78, 5) is 13.7. The summed E-state index contributed by atoms with van der Waals surface area (Å²) < 4.78 is 19.5. The highest BCUT2D eigenvalue weighted by Crippen LogP contribution is 2.68. The maximum absolute atomic E-state index is 13.7. The molecule has 0 spiro atoms. The van der Waals surface area contributed by atoms with Crippen LogP contribution in [0, 0.1) is 46.3 Å². The first kappa shape index (κ1) is 24.8. The molecule has 36 heavy (non-hydrogen) atoms. The number of ketones is 1. The summed E-state index contributed by atoms with van der Waals surface area (Å²) in [5, 5.41) is 17.3. The second-order valence-electron chi connectivity index (χ2n) is 13.5. The zero-order valence-electron chi connectivity index (χ0n) is 22.2. The molecule has 1 N–H and O–H groups in total. The maximum Gasteiger partial charge on any atom is 0.157 e. The number of carbonyl (C=O) groups excluding carboxylic acids is 1. The zero-order valence-corrected chi connectivity index (χ0v) is 22.2. The monoisotopic (exact) mass is 498 g/mol. The Morgan fingerprint density at radius 3 is 2.81 bits per heavy atom. The van der Waals surface area contributed by atoms with E-state index in [4.69, 9.17) is 4.74 Å². The number of hydrazone groups is 1.